The first-order valence-corrected chi connectivity index (χ1v) is 10.8. The topological polar surface area (TPSA) is 128 Å². The van der Waals surface area contributed by atoms with Crippen LogP contribution in [0.2, 0.25) is 5.02 Å². The van der Waals surface area contributed by atoms with E-state index < -0.39 is 28.5 Å². The van der Waals surface area contributed by atoms with Crippen LogP contribution in [0, 0.1) is 0 Å². The third kappa shape index (κ3) is 5.17. The Bertz CT molecular complexity index is 1020. The van der Waals surface area contributed by atoms with Gasteiger partial charge in [-0.3, -0.25) is 4.79 Å². The molecule has 1 amide bonds. The lowest BCUT2D eigenvalue weighted by atomic mass is 10.2. The number of anilines is 1. The highest BCUT2D eigenvalue weighted by atomic mass is 35.5. The third-order valence-corrected chi connectivity index (χ3v) is 6.52. The van der Waals surface area contributed by atoms with Crippen molar-refractivity contribution < 1.29 is 32.0 Å². The second-order valence-corrected chi connectivity index (χ2v) is 9.05. The van der Waals surface area contributed by atoms with Crippen molar-refractivity contribution in [1.82, 2.24) is 9.46 Å². The van der Waals surface area contributed by atoms with Gasteiger partial charge in [0.2, 0.25) is 10.0 Å². The smallest absolute Gasteiger partial charge is 0.338 e. The number of nitrogens with one attached hydrogen (secondary N) is 1. The number of carbonyl (C=O) groups excluding carboxylic acids is 2. The van der Waals surface area contributed by atoms with Crippen molar-refractivity contribution in [3.63, 3.8) is 0 Å². The molecule has 1 fully saturated rings. The summed E-state index contributed by atoms with van der Waals surface area (Å²) in [6.07, 6.45) is 0.713. The molecule has 0 aliphatic carbocycles. The van der Waals surface area contributed by atoms with E-state index in [1.165, 1.54) is 28.8 Å². The lowest BCUT2D eigenvalue weighted by Gasteiger charge is -2.34. The van der Waals surface area contributed by atoms with Gasteiger partial charge in [-0.05, 0) is 32.0 Å². The Morgan fingerprint density at radius 3 is 2.60 bits per heavy atom. The zero-order valence-corrected chi connectivity index (χ0v) is 17.8. The van der Waals surface area contributed by atoms with E-state index in [0.717, 1.165) is 6.07 Å². The van der Waals surface area contributed by atoms with Crippen molar-refractivity contribution in [2.24, 2.45) is 0 Å². The summed E-state index contributed by atoms with van der Waals surface area (Å²) in [6, 6.07) is 5.18. The van der Waals surface area contributed by atoms with E-state index in [9.17, 15) is 18.0 Å². The summed E-state index contributed by atoms with van der Waals surface area (Å²) < 4.78 is 42.5. The molecule has 1 aromatic heterocycles. The summed E-state index contributed by atoms with van der Waals surface area (Å²) >= 11 is 6.12. The van der Waals surface area contributed by atoms with Crippen LogP contribution in [0.5, 0.6) is 0 Å². The fraction of sp³-hybridized carbons (Fsp3) is 0.389. The SMILES string of the molecule is CC1CN(S(=O)(=O)c2cc(C(=O)OCC(=O)Nc3ccon3)ccc2Cl)CC(C)O1. The number of halogens is 1. The van der Waals surface area contributed by atoms with Gasteiger partial charge in [-0.1, -0.05) is 16.8 Å². The van der Waals surface area contributed by atoms with Crippen molar-refractivity contribution >= 4 is 39.3 Å². The molecule has 2 heterocycles. The summed E-state index contributed by atoms with van der Waals surface area (Å²) in [5, 5.41) is 5.84. The molecule has 1 saturated heterocycles. The monoisotopic (exact) mass is 457 g/mol. The largest absolute Gasteiger partial charge is 0.452 e. The van der Waals surface area contributed by atoms with Crippen LogP contribution in [-0.2, 0) is 24.3 Å². The molecule has 2 aromatic rings. The number of aromatic nitrogens is 1. The predicted molar refractivity (Wildman–Crippen MR) is 106 cm³/mol. The zero-order valence-electron chi connectivity index (χ0n) is 16.2. The molecule has 30 heavy (non-hydrogen) atoms. The van der Waals surface area contributed by atoms with Crippen molar-refractivity contribution in [2.45, 2.75) is 31.0 Å². The standard InChI is InChI=1S/C18H20ClN3O7S/c1-11-8-22(9-12(2)29-11)30(25,26)15-7-13(3-4-14(15)19)18(24)27-10-17(23)20-16-5-6-28-21-16/h3-7,11-12H,8-10H2,1-2H3,(H,20,21,23). The Hall–Kier alpha value is -2.47. The molecule has 0 saturated carbocycles. The minimum Gasteiger partial charge on any atom is -0.452 e. The van der Waals surface area contributed by atoms with Gasteiger partial charge in [-0.25, -0.2) is 13.2 Å². The van der Waals surface area contributed by atoms with Gasteiger partial charge in [-0.2, -0.15) is 4.31 Å². The molecule has 2 unspecified atom stereocenters. The fourth-order valence-electron chi connectivity index (χ4n) is 2.96. The molecular formula is C18H20ClN3O7S. The van der Waals surface area contributed by atoms with E-state index in [0.29, 0.717) is 0 Å². The zero-order chi connectivity index (χ0) is 21.9. The molecule has 2 atom stereocenters. The number of hydrogen-bond donors (Lipinski definition) is 1. The van der Waals surface area contributed by atoms with Gasteiger partial charge in [0.05, 0.1) is 22.8 Å². The molecule has 3 rings (SSSR count). The number of amides is 1. The molecule has 1 aromatic carbocycles. The Morgan fingerprint density at radius 1 is 1.27 bits per heavy atom. The quantitative estimate of drug-likeness (QED) is 0.651. The number of hydrogen-bond acceptors (Lipinski definition) is 8. The maximum atomic E-state index is 13.1. The van der Waals surface area contributed by atoms with E-state index in [4.69, 9.17) is 21.1 Å². The van der Waals surface area contributed by atoms with Gasteiger partial charge >= 0.3 is 5.97 Å². The lowest BCUT2D eigenvalue weighted by Crippen LogP contribution is -2.48. The van der Waals surface area contributed by atoms with Gasteiger partial charge < -0.3 is 19.3 Å². The van der Waals surface area contributed by atoms with Gasteiger partial charge in [-0.15, -0.1) is 0 Å². The average Bonchev–Trinajstić information content (AvgIpc) is 3.18. The van der Waals surface area contributed by atoms with Crippen LogP contribution in [0.15, 0.2) is 39.9 Å². The first-order chi connectivity index (χ1) is 14.2. The summed E-state index contributed by atoms with van der Waals surface area (Å²) in [5.41, 5.74) is -0.0541. The number of esters is 1. The molecule has 1 aliphatic rings. The number of nitrogens with zero attached hydrogens (tertiary/aromatic N) is 2. The highest BCUT2D eigenvalue weighted by molar-refractivity contribution is 7.89. The molecule has 1 N–H and O–H groups in total. The number of rotatable bonds is 6. The van der Waals surface area contributed by atoms with Gasteiger partial charge in [0, 0.05) is 19.2 Å². The number of sulfonamides is 1. The summed E-state index contributed by atoms with van der Waals surface area (Å²) in [7, 11) is -3.96. The van der Waals surface area contributed by atoms with Crippen LogP contribution < -0.4 is 5.32 Å². The Morgan fingerprint density at radius 2 is 1.97 bits per heavy atom. The van der Waals surface area contributed by atoms with Crippen molar-refractivity contribution in [3.8, 4) is 0 Å². The van der Waals surface area contributed by atoms with Crippen molar-refractivity contribution in [3.05, 3.63) is 41.1 Å². The van der Waals surface area contributed by atoms with Crippen LogP contribution in [0.25, 0.3) is 0 Å². The Kier molecular flexibility index (Phi) is 6.76. The van der Waals surface area contributed by atoms with E-state index >= 15 is 0 Å². The highest BCUT2D eigenvalue weighted by Gasteiger charge is 2.34. The molecule has 162 valence electrons. The number of morpholine rings is 1. The minimum atomic E-state index is -3.96. The summed E-state index contributed by atoms with van der Waals surface area (Å²) in [4.78, 5) is 23.9. The molecule has 0 radical (unpaired) electrons. The van der Waals surface area contributed by atoms with Crippen LogP contribution in [0.3, 0.4) is 0 Å². The molecule has 1 aliphatic heterocycles. The van der Waals surface area contributed by atoms with Crippen LogP contribution >= 0.6 is 11.6 Å². The number of carbonyl (C=O) groups is 2. The van der Waals surface area contributed by atoms with Gasteiger partial charge in [0.15, 0.2) is 12.4 Å². The van der Waals surface area contributed by atoms with E-state index in [2.05, 4.69) is 15.0 Å². The maximum absolute atomic E-state index is 13.1. The third-order valence-electron chi connectivity index (χ3n) is 4.21. The summed E-state index contributed by atoms with van der Waals surface area (Å²) in [6.45, 7) is 3.30. The van der Waals surface area contributed by atoms with Crippen LogP contribution in [0.4, 0.5) is 5.82 Å². The maximum Gasteiger partial charge on any atom is 0.338 e. The molecule has 12 heteroatoms. The lowest BCUT2D eigenvalue weighted by molar-refractivity contribution is -0.119. The van der Waals surface area contributed by atoms with E-state index in [1.807, 2.05) is 0 Å². The Labute approximate surface area is 178 Å². The van der Waals surface area contributed by atoms with E-state index in [-0.39, 0.29) is 46.6 Å². The van der Waals surface area contributed by atoms with Crippen molar-refractivity contribution in [1.29, 1.82) is 0 Å². The first kappa shape index (κ1) is 22.2. The van der Waals surface area contributed by atoms with Crippen LogP contribution in [0.1, 0.15) is 24.2 Å². The minimum absolute atomic E-state index is 0.0258. The summed E-state index contributed by atoms with van der Waals surface area (Å²) in [5.74, 6) is -1.33. The second-order valence-electron chi connectivity index (χ2n) is 6.73. The number of ether oxygens (including phenoxy) is 2. The molecule has 0 bridgehead atoms. The van der Waals surface area contributed by atoms with E-state index in [1.54, 1.807) is 13.8 Å². The van der Waals surface area contributed by atoms with Crippen LogP contribution in [-0.4, -0.2) is 61.7 Å². The Balaban J connectivity index is 1.72. The molecule has 10 nitrogen and oxygen atoms in total. The fourth-order valence-corrected chi connectivity index (χ4v) is 5.06. The number of benzene rings is 1. The predicted octanol–water partition coefficient (Wildman–Crippen LogP) is 1.92. The first-order valence-electron chi connectivity index (χ1n) is 8.99. The molecule has 0 spiro atoms. The van der Waals surface area contributed by atoms with Gasteiger partial charge in [0.25, 0.3) is 5.91 Å². The highest BCUT2D eigenvalue weighted by Crippen LogP contribution is 2.28. The average molecular weight is 458 g/mol. The molecular weight excluding hydrogens is 438 g/mol. The normalized spacial score (nSPS) is 20.0. The van der Waals surface area contributed by atoms with Crippen molar-refractivity contribution in [2.75, 3.05) is 25.0 Å². The second kappa shape index (κ2) is 9.13. The van der Waals surface area contributed by atoms with Gasteiger partial charge in [0.1, 0.15) is 11.2 Å².